The highest BCUT2D eigenvalue weighted by Gasteiger charge is 2.26. The van der Waals surface area contributed by atoms with Crippen LogP contribution >= 0.6 is 8.58 Å². The van der Waals surface area contributed by atoms with Crippen molar-refractivity contribution in [2.24, 2.45) is 0 Å². The van der Waals surface area contributed by atoms with E-state index in [4.69, 9.17) is 0 Å². The molecule has 0 saturated heterocycles. The fourth-order valence-corrected chi connectivity index (χ4v) is 2.09. The van der Waals surface area contributed by atoms with Crippen molar-refractivity contribution in [3.05, 3.63) is 0 Å². The number of alkyl halides is 3. The monoisotopic (exact) mass is 241 g/mol. The van der Waals surface area contributed by atoms with Gasteiger partial charge in [0, 0.05) is 8.58 Å². The second-order valence-electron chi connectivity index (χ2n) is 3.82. The summed E-state index contributed by atoms with van der Waals surface area (Å²) >= 11 is 0. The summed E-state index contributed by atoms with van der Waals surface area (Å²) in [6.07, 6.45) is 9.27. The Morgan fingerprint density at radius 1 is 0.800 bits per heavy atom. The van der Waals surface area contributed by atoms with Gasteiger partial charge in [0.05, 0.1) is 0 Å². The normalized spacial score (nSPS) is 12.8. The topological polar surface area (TPSA) is 0 Å². The highest BCUT2D eigenvalue weighted by molar-refractivity contribution is 7.39. The maximum absolute atomic E-state index is 11.8. The lowest BCUT2D eigenvalue weighted by molar-refractivity contribution is -0.0371. The molecule has 0 aromatic heterocycles. The molecule has 0 bridgehead atoms. The van der Waals surface area contributed by atoms with Crippen molar-refractivity contribution < 1.29 is 13.2 Å². The third-order valence-electron chi connectivity index (χ3n) is 2.30. The summed E-state index contributed by atoms with van der Waals surface area (Å²) < 4.78 is 35.3. The van der Waals surface area contributed by atoms with E-state index in [9.17, 15) is 13.2 Å². The van der Waals surface area contributed by atoms with E-state index in [-0.39, 0.29) is 14.7 Å². The molecule has 0 nitrogen and oxygen atoms in total. The average Bonchev–Trinajstić information content (AvgIpc) is 2.14. The molecule has 0 heterocycles. The molecule has 4 heteroatoms. The zero-order valence-corrected chi connectivity index (χ0v) is 10.3. The number of unbranched alkanes of at least 4 members (excludes halogenated alkanes) is 7. The molecule has 0 spiro atoms. The second kappa shape index (κ2) is 9.45. The van der Waals surface area contributed by atoms with Crippen molar-refractivity contribution >= 4 is 8.58 Å². The Balaban J connectivity index is 2.99. The molecule has 0 amide bonds. The summed E-state index contributed by atoms with van der Waals surface area (Å²) in [7, 11) is -0.370. The molecular weight excluding hydrogens is 220 g/mol. The van der Waals surface area contributed by atoms with Gasteiger partial charge in [-0.05, 0) is 12.6 Å². The molecular formula is C11H21F3P. The van der Waals surface area contributed by atoms with Gasteiger partial charge in [0.2, 0.25) is 0 Å². The number of hydrogen-bond donors (Lipinski definition) is 0. The van der Waals surface area contributed by atoms with Gasteiger partial charge in [-0.15, -0.1) is 0 Å². The number of rotatable bonds is 9. The van der Waals surface area contributed by atoms with Crippen LogP contribution in [-0.2, 0) is 0 Å². The molecule has 0 saturated carbocycles. The van der Waals surface area contributed by atoms with Gasteiger partial charge in [-0.25, -0.2) is 0 Å². The molecule has 0 aliphatic carbocycles. The summed E-state index contributed by atoms with van der Waals surface area (Å²) in [4.78, 5) is 0. The Labute approximate surface area is 92.8 Å². The van der Waals surface area contributed by atoms with Crippen LogP contribution in [0.3, 0.4) is 0 Å². The Morgan fingerprint density at radius 2 is 1.27 bits per heavy atom. The van der Waals surface area contributed by atoms with Gasteiger partial charge in [-0.3, -0.25) is 0 Å². The third-order valence-corrected chi connectivity index (χ3v) is 3.20. The van der Waals surface area contributed by atoms with Crippen molar-refractivity contribution in [2.75, 3.05) is 6.16 Å². The van der Waals surface area contributed by atoms with Crippen molar-refractivity contribution in [1.29, 1.82) is 0 Å². The van der Waals surface area contributed by atoms with Crippen LogP contribution in [-0.4, -0.2) is 12.1 Å². The molecule has 0 aromatic rings. The zero-order valence-electron chi connectivity index (χ0n) is 9.45. The van der Waals surface area contributed by atoms with Gasteiger partial charge in [0.25, 0.3) is 0 Å². The van der Waals surface area contributed by atoms with E-state index in [0.29, 0.717) is 0 Å². The van der Waals surface area contributed by atoms with E-state index in [1.165, 1.54) is 32.1 Å². The van der Waals surface area contributed by atoms with Gasteiger partial charge >= 0.3 is 5.92 Å². The van der Waals surface area contributed by atoms with Crippen LogP contribution in [0.1, 0.15) is 58.3 Å². The lowest BCUT2D eigenvalue weighted by Crippen LogP contribution is -1.98. The van der Waals surface area contributed by atoms with Gasteiger partial charge in [-0.2, -0.15) is 13.2 Å². The highest BCUT2D eigenvalue weighted by atomic mass is 31.1. The van der Waals surface area contributed by atoms with Gasteiger partial charge < -0.3 is 0 Å². The fraction of sp³-hybridized carbons (Fsp3) is 1.00. The first-order valence-corrected chi connectivity index (χ1v) is 6.89. The van der Waals surface area contributed by atoms with Crippen LogP contribution in [0.25, 0.3) is 0 Å². The predicted molar refractivity (Wildman–Crippen MR) is 60.5 cm³/mol. The predicted octanol–water partition coefficient (Wildman–Crippen LogP) is 5.59. The highest BCUT2D eigenvalue weighted by Crippen LogP contribution is 2.36. The molecule has 0 rings (SSSR count). The zero-order chi connectivity index (χ0) is 11.6. The Bertz CT molecular complexity index is 134. The molecule has 0 aromatic carbocycles. The van der Waals surface area contributed by atoms with Crippen LogP contribution < -0.4 is 0 Å². The van der Waals surface area contributed by atoms with Crippen LogP contribution in [0, 0.1) is 0 Å². The van der Waals surface area contributed by atoms with Crippen LogP contribution in [0.5, 0.6) is 0 Å². The smallest absolute Gasteiger partial charge is 0.167 e. The summed E-state index contributed by atoms with van der Waals surface area (Å²) in [5, 5.41) is 0. The van der Waals surface area contributed by atoms with Gasteiger partial charge in [0.15, 0.2) is 0 Å². The summed E-state index contributed by atoms with van der Waals surface area (Å²) in [5.41, 5.74) is 0. The summed E-state index contributed by atoms with van der Waals surface area (Å²) in [6.45, 7) is 2.18. The lowest BCUT2D eigenvalue weighted by atomic mass is 10.1. The number of hydrogen-bond acceptors (Lipinski definition) is 0. The average molecular weight is 241 g/mol. The molecule has 0 N–H and O–H groups in total. The lowest BCUT2D eigenvalue weighted by Gasteiger charge is -2.04. The van der Waals surface area contributed by atoms with Crippen LogP contribution in [0.4, 0.5) is 13.2 Å². The number of halogens is 3. The molecule has 0 fully saturated rings. The first kappa shape index (κ1) is 15.2. The Hall–Kier alpha value is 0.220. The molecule has 15 heavy (non-hydrogen) atoms. The fourth-order valence-electron chi connectivity index (χ4n) is 1.45. The van der Waals surface area contributed by atoms with E-state index in [1.54, 1.807) is 0 Å². The second-order valence-corrected chi connectivity index (χ2v) is 5.09. The molecule has 91 valence electrons. The largest absolute Gasteiger partial charge is 0.409 e. The quantitative estimate of drug-likeness (QED) is 0.364. The Morgan fingerprint density at radius 3 is 1.73 bits per heavy atom. The van der Waals surface area contributed by atoms with Crippen molar-refractivity contribution in [1.82, 2.24) is 0 Å². The minimum absolute atomic E-state index is 0.276. The molecule has 0 aliphatic heterocycles. The van der Waals surface area contributed by atoms with Crippen molar-refractivity contribution in [3.63, 3.8) is 0 Å². The molecule has 0 unspecified atom stereocenters. The summed E-state index contributed by atoms with van der Waals surface area (Å²) in [5.74, 6) is -3.98. The third kappa shape index (κ3) is 14.2. The molecule has 0 atom stereocenters. The van der Waals surface area contributed by atoms with Crippen molar-refractivity contribution in [2.45, 2.75) is 64.2 Å². The van der Waals surface area contributed by atoms with E-state index in [1.807, 2.05) is 0 Å². The van der Waals surface area contributed by atoms with E-state index in [0.717, 1.165) is 19.3 Å². The van der Waals surface area contributed by atoms with Gasteiger partial charge in [0.1, 0.15) is 0 Å². The van der Waals surface area contributed by atoms with Crippen LogP contribution in [0.2, 0.25) is 0 Å². The molecule has 0 aliphatic rings. The maximum atomic E-state index is 11.8. The Kier molecular flexibility index (Phi) is 9.58. The van der Waals surface area contributed by atoms with Crippen LogP contribution in [0.15, 0.2) is 0 Å². The van der Waals surface area contributed by atoms with E-state index < -0.39 is 5.92 Å². The first-order valence-electron chi connectivity index (χ1n) is 5.81. The van der Waals surface area contributed by atoms with Crippen molar-refractivity contribution in [3.8, 4) is 0 Å². The van der Waals surface area contributed by atoms with Gasteiger partial charge in [-0.1, -0.05) is 51.9 Å². The standard InChI is InChI=1S/C11H21F3P/c1-2-3-4-5-6-7-8-9-10-15-11(12,13)14/h2-10H2,1H3. The molecule has 1 radical (unpaired) electrons. The first-order chi connectivity index (χ1) is 7.06. The SMILES string of the molecule is CCCCCCCCCC[P]C(F)(F)F. The minimum atomic E-state index is -3.98. The minimum Gasteiger partial charge on any atom is -0.167 e. The van der Waals surface area contributed by atoms with E-state index in [2.05, 4.69) is 6.92 Å². The van der Waals surface area contributed by atoms with E-state index >= 15 is 0 Å². The maximum Gasteiger partial charge on any atom is 0.409 e. The summed E-state index contributed by atoms with van der Waals surface area (Å²) in [6, 6.07) is 0.